The maximum atomic E-state index is 14.1. The number of rotatable bonds is 9. The third kappa shape index (κ3) is 4.89. The van der Waals surface area contributed by atoms with E-state index in [2.05, 4.69) is 38.3 Å². The van der Waals surface area contributed by atoms with E-state index >= 15 is 0 Å². The summed E-state index contributed by atoms with van der Waals surface area (Å²) in [6.45, 7) is 5.32. The van der Waals surface area contributed by atoms with Crippen LogP contribution in [0, 0.1) is 40.9 Å². The third-order valence-electron chi connectivity index (χ3n) is 12.8. The summed E-state index contributed by atoms with van der Waals surface area (Å²) in [6.07, 6.45) is 4.19. The normalized spacial score (nSPS) is 23.9. The van der Waals surface area contributed by atoms with Gasteiger partial charge in [-0.2, -0.15) is 5.26 Å². The summed E-state index contributed by atoms with van der Waals surface area (Å²) in [5.41, 5.74) is 6.25. The summed E-state index contributed by atoms with van der Waals surface area (Å²) in [7, 11) is 1.66. The summed E-state index contributed by atoms with van der Waals surface area (Å²) in [5.74, 6) is 4.39. The molecule has 5 aliphatic rings. The van der Waals surface area contributed by atoms with E-state index in [4.69, 9.17) is 9.72 Å². The number of methoxy groups -OCH3 is 1. The molecule has 2 amide bonds. The Balaban J connectivity index is 1.05. The number of amides is 2. The van der Waals surface area contributed by atoms with Crippen LogP contribution < -0.4 is 4.74 Å². The van der Waals surface area contributed by atoms with Gasteiger partial charge in [-0.25, -0.2) is 4.98 Å². The molecule has 3 aromatic carbocycles. The molecule has 264 valence electrons. The van der Waals surface area contributed by atoms with Crippen molar-refractivity contribution in [2.45, 2.75) is 57.8 Å². The summed E-state index contributed by atoms with van der Waals surface area (Å²) in [5, 5.41) is 20.7. The number of hydrogen-bond acceptors (Lipinski definition) is 6. The molecule has 2 saturated heterocycles. The van der Waals surface area contributed by atoms with Gasteiger partial charge in [0.25, 0.3) is 11.8 Å². The topological polar surface area (TPSA) is 117 Å². The van der Waals surface area contributed by atoms with Crippen molar-refractivity contribution < 1.29 is 19.4 Å². The molecule has 2 aromatic heterocycles. The Labute approximate surface area is 302 Å². The molecule has 52 heavy (non-hydrogen) atoms. The predicted molar refractivity (Wildman–Crippen MR) is 196 cm³/mol. The minimum Gasteiger partial charge on any atom is -0.494 e. The van der Waals surface area contributed by atoms with Gasteiger partial charge in [0.05, 0.1) is 36.1 Å². The molecular weight excluding hydrogens is 652 g/mol. The van der Waals surface area contributed by atoms with Crippen molar-refractivity contribution in [3.8, 4) is 23.3 Å². The van der Waals surface area contributed by atoms with Gasteiger partial charge in [-0.1, -0.05) is 12.1 Å². The van der Waals surface area contributed by atoms with Crippen LogP contribution in [0.1, 0.15) is 70.6 Å². The summed E-state index contributed by atoms with van der Waals surface area (Å²) in [4.78, 5) is 36.7. The van der Waals surface area contributed by atoms with E-state index in [-0.39, 0.29) is 17.7 Å². The van der Waals surface area contributed by atoms with Crippen LogP contribution in [-0.4, -0.2) is 73.6 Å². The number of aromatic nitrogens is 3. The van der Waals surface area contributed by atoms with Crippen LogP contribution in [0.2, 0.25) is 0 Å². The Hall–Kier alpha value is -5.14. The zero-order valence-electron chi connectivity index (χ0n) is 29.5. The lowest BCUT2D eigenvalue weighted by Gasteiger charge is -2.52. The molecule has 10 heteroatoms. The minimum absolute atomic E-state index is 0.0382. The van der Waals surface area contributed by atoms with Crippen LogP contribution >= 0.6 is 0 Å². The highest BCUT2D eigenvalue weighted by atomic mass is 16.5. The average Bonchev–Trinajstić information content (AvgIpc) is 3.78. The number of nitrogens with zero attached hydrogens (tertiary/aromatic N) is 6. The van der Waals surface area contributed by atoms with Crippen LogP contribution in [0.15, 0.2) is 60.7 Å². The summed E-state index contributed by atoms with van der Waals surface area (Å²) in [6, 6.07) is 21.5. The fourth-order valence-corrected chi connectivity index (χ4v) is 9.70. The molecule has 3 saturated carbocycles. The molecule has 10 rings (SSSR count). The van der Waals surface area contributed by atoms with Gasteiger partial charge < -0.3 is 28.8 Å². The van der Waals surface area contributed by atoms with Gasteiger partial charge in [0.2, 0.25) is 0 Å². The highest BCUT2D eigenvalue weighted by Gasteiger charge is 2.61. The van der Waals surface area contributed by atoms with Crippen molar-refractivity contribution in [1.29, 1.82) is 5.26 Å². The number of imidazole rings is 1. The Kier molecular flexibility index (Phi) is 7.10. The largest absolute Gasteiger partial charge is 0.494 e. The Morgan fingerprint density at radius 1 is 0.923 bits per heavy atom. The van der Waals surface area contributed by atoms with Crippen LogP contribution in [0.4, 0.5) is 0 Å². The van der Waals surface area contributed by atoms with Crippen molar-refractivity contribution in [3.05, 3.63) is 82.9 Å². The molecular formula is C42H42N6O4. The van der Waals surface area contributed by atoms with Crippen molar-refractivity contribution in [2.75, 3.05) is 26.7 Å². The number of aliphatic hydroxyl groups excluding tert-OH is 1. The fourth-order valence-electron chi connectivity index (χ4n) is 9.70. The second-order valence-corrected chi connectivity index (χ2v) is 16.0. The molecule has 2 aliphatic heterocycles. The third-order valence-corrected chi connectivity index (χ3v) is 12.8. The van der Waals surface area contributed by atoms with Crippen LogP contribution in [0.3, 0.4) is 0 Å². The lowest BCUT2D eigenvalue weighted by molar-refractivity contribution is -0.0204. The van der Waals surface area contributed by atoms with Crippen molar-refractivity contribution in [1.82, 2.24) is 23.9 Å². The first-order valence-electron chi connectivity index (χ1n) is 18.8. The average molecular weight is 695 g/mol. The number of carbonyl (C=O) groups excluding carboxylic acids is 2. The zero-order valence-corrected chi connectivity index (χ0v) is 29.5. The molecule has 1 N–H and O–H groups in total. The highest BCUT2D eigenvalue weighted by molar-refractivity contribution is 6.01. The molecule has 0 bridgehead atoms. The van der Waals surface area contributed by atoms with Crippen molar-refractivity contribution in [2.24, 2.45) is 29.6 Å². The monoisotopic (exact) mass is 694 g/mol. The molecule has 0 spiro atoms. The molecule has 3 aliphatic carbocycles. The SMILES string of the molecule is COc1cc(C(=O)N2CC3CC4CC2[C@H]43)cc2nc(-c3cc4ccc(C(C)O)cc4n3CC3CC3)n(CC3CN(C(=O)c4ccc(C#N)cc4)C3)c12. The van der Waals surface area contributed by atoms with E-state index in [0.717, 1.165) is 64.4 Å². The number of fused-ring (bicyclic) bond motifs is 2. The first-order valence-corrected chi connectivity index (χ1v) is 18.8. The quantitative estimate of drug-likeness (QED) is 0.195. The maximum absolute atomic E-state index is 14.1. The smallest absolute Gasteiger partial charge is 0.254 e. The van der Waals surface area contributed by atoms with Gasteiger partial charge in [0.15, 0.2) is 5.82 Å². The van der Waals surface area contributed by atoms with Crippen molar-refractivity contribution >= 4 is 33.8 Å². The first kappa shape index (κ1) is 31.6. The van der Waals surface area contributed by atoms with Crippen molar-refractivity contribution in [3.63, 3.8) is 0 Å². The van der Waals surface area contributed by atoms with E-state index in [1.807, 2.05) is 23.1 Å². The number of ether oxygens (including phenoxy) is 1. The summed E-state index contributed by atoms with van der Waals surface area (Å²) >= 11 is 0. The molecule has 5 aromatic rings. The maximum Gasteiger partial charge on any atom is 0.254 e. The van der Waals surface area contributed by atoms with Crippen LogP contribution in [0.25, 0.3) is 33.5 Å². The van der Waals surface area contributed by atoms with E-state index in [1.54, 1.807) is 38.3 Å². The van der Waals surface area contributed by atoms with Gasteiger partial charge >= 0.3 is 0 Å². The molecule has 4 heterocycles. The molecule has 0 radical (unpaired) electrons. The second-order valence-electron chi connectivity index (χ2n) is 16.0. The number of nitriles is 1. The first-order chi connectivity index (χ1) is 25.3. The Morgan fingerprint density at radius 2 is 1.71 bits per heavy atom. The second kappa shape index (κ2) is 11.7. The molecule has 5 fully saturated rings. The number of aliphatic hydroxyl groups is 1. The molecule has 4 unspecified atom stereocenters. The molecule has 5 atom stereocenters. The number of likely N-dealkylation sites (tertiary alicyclic amines) is 2. The van der Waals surface area contributed by atoms with Gasteiger partial charge in [-0.05, 0) is 110 Å². The fraction of sp³-hybridized carbons (Fsp3) is 0.429. The molecule has 10 nitrogen and oxygen atoms in total. The van der Waals surface area contributed by atoms with Gasteiger partial charge in [0.1, 0.15) is 11.3 Å². The van der Waals surface area contributed by atoms with Crippen LogP contribution in [-0.2, 0) is 13.1 Å². The summed E-state index contributed by atoms with van der Waals surface area (Å²) < 4.78 is 10.7. The highest BCUT2D eigenvalue weighted by Crippen LogP contribution is 2.61. The van der Waals surface area contributed by atoms with Gasteiger partial charge in [0, 0.05) is 66.7 Å². The van der Waals surface area contributed by atoms with E-state index in [1.165, 1.54) is 19.3 Å². The Bertz CT molecular complexity index is 2320. The lowest BCUT2D eigenvalue weighted by atomic mass is 9.53. The lowest BCUT2D eigenvalue weighted by Crippen LogP contribution is -2.53. The van der Waals surface area contributed by atoms with Gasteiger partial charge in [-0.3, -0.25) is 9.59 Å². The number of hydrogen-bond donors (Lipinski definition) is 1. The minimum atomic E-state index is -0.577. The van der Waals surface area contributed by atoms with Crippen LogP contribution in [0.5, 0.6) is 5.75 Å². The number of carbonyl (C=O) groups is 2. The predicted octanol–water partition coefficient (Wildman–Crippen LogP) is 6.25. The number of benzene rings is 3. The van der Waals surface area contributed by atoms with E-state index in [0.29, 0.717) is 65.9 Å². The van der Waals surface area contributed by atoms with E-state index < -0.39 is 6.10 Å². The standard InChI is InChI=1S/C42H42N6O4/c1-23(49)28-9-10-29-14-36(46(34(29)13-28)20-25-3-4-25)40-44-33-12-31(42(51)47-22-32-11-30-15-35(47)38(30)32)16-37(52-2)39(33)48(40)21-26-18-45(19-26)41(50)27-7-5-24(17-43)6-8-27/h5-10,12-14,16,23,25-26,30,32,35,38,49H,3-4,11,15,18-22H2,1-2H3/t23?,30?,32?,35?,38-/m1/s1. The Morgan fingerprint density at radius 3 is 2.40 bits per heavy atom. The van der Waals surface area contributed by atoms with Gasteiger partial charge in [-0.15, -0.1) is 0 Å². The van der Waals surface area contributed by atoms with E-state index in [9.17, 15) is 20.0 Å². The zero-order chi connectivity index (χ0) is 35.4.